The van der Waals surface area contributed by atoms with E-state index in [0.717, 1.165) is 22.3 Å². The Hall–Kier alpha value is -3.95. The third kappa shape index (κ3) is 4.11. The number of rotatable bonds is 7. The third-order valence-corrected chi connectivity index (χ3v) is 5.83. The normalized spacial score (nSPS) is 14.0. The number of nitrogens with zero attached hydrogens (tertiary/aromatic N) is 1. The highest BCUT2D eigenvalue weighted by molar-refractivity contribution is 5.95. The molecule has 1 aliphatic carbocycles. The Morgan fingerprint density at radius 1 is 1.00 bits per heavy atom. The smallest absolute Gasteiger partial charge is 0.321 e. The number of benzene rings is 3. The van der Waals surface area contributed by atoms with Gasteiger partial charge in [-0.3, -0.25) is 9.59 Å². The second kappa shape index (κ2) is 9.04. The molecule has 0 aliphatic heterocycles. The molecule has 0 bridgehead atoms. The first-order valence-corrected chi connectivity index (χ1v) is 10.3. The van der Waals surface area contributed by atoms with Gasteiger partial charge in [-0.1, -0.05) is 60.7 Å². The van der Waals surface area contributed by atoms with E-state index in [0.29, 0.717) is 11.1 Å². The standard InChI is InChI=1S/C26H22N2O4/c27-14-17-7-5-6-16(12-17)13-23(28)24(25(29)30)26(31)32-15-22-20-10-3-1-8-18(20)19-9-2-4-11-21(19)22/h1-12,22-24H,13,15,28H2,(H,29,30)/t23?,24-/m1/s1. The van der Waals surface area contributed by atoms with Crippen molar-refractivity contribution < 1.29 is 19.4 Å². The number of nitriles is 1. The van der Waals surface area contributed by atoms with Crippen LogP contribution < -0.4 is 5.73 Å². The van der Waals surface area contributed by atoms with Crippen molar-refractivity contribution in [2.45, 2.75) is 18.4 Å². The maximum absolute atomic E-state index is 12.8. The number of ether oxygens (including phenoxy) is 1. The Morgan fingerprint density at radius 3 is 2.22 bits per heavy atom. The molecule has 160 valence electrons. The lowest BCUT2D eigenvalue weighted by atomic mass is 9.93. The predicted molar refractivity (Wildman–Crippen MR) is 119 cm³/mol. The van der Waals surface area contributed by atoms with Crippen molar-refractivity contribution in [1.29, 1.82) is 5.26 Å². The zero-order chi connectivity index (χ0) is 22.7. The first-order valence-electron chi connectivity index (χ1n) is 10.3. The number of fused-ring (bicyclic) bond motifs is 3. The molecule has 2 atom stereocenters. The van der Waals surface area contributed by atoms with Crippen LogP contribution in [0.2, 0.25) is 0 Å². The molecule has 0 aromatic heterocycles. The molecule has 0 fully saturated rings. The van der Waals surface area contributed by atoms with Gasteiger partial charge in [-0.05, 0) is 46.4 Å². The van der Waals surface area contributed by atoms with Crippen molar-refractivity contribution in [1.82, 2.24) is 0 Å². The molecule has 0 heterocycles. The minimum absolute atomic E-state index is 0.0350. The molecule has 6 heteroatoms. The Bertz CT molecular complexity index is 1170. The first-order chi connectivity index (χ1) is 15.5. The number of carboxylic acids is 1. The quantitative estimate of drug-likeness (QED) is 0.442. The molecule has 0 amide bonds. The minimum Gasteiger partial charge on any atom is -0.481 e. The van der Waals surface area contributed by atoms with Gasteiger partial charge in [0.05, 0.1) is 11.6 Å². The summed E-state index contributed by atoms with van der Waals surface area (Å²) in [7, 11) is 0. The molecule has 6 nitrogen and oxygen atoms in total. The summed E-state index contributed by atoms with van der Waals surface area (Å²) >= 11 is 0. The molecule has 3 aromatic rings. The van der Waals surface area contributed by atoms with E-state index < -0.39 is 23.9 Å². The monoisotopic (exact) mass is 426 g/mol. The number of nitrogens with two attached hydrogens (primary N) is 1. The van der Waals surface area contributed by atoms with Crippen LogP contribution in [0.25, 0.3) is 11.1 Å². The number of hydrogen-bond donors (Lipinski definition) is 2. The summed E-state index contributed by atoms with van der Waals surface area (Å²) in [6.07, 6.45) is 0.136. The maximum Gasteiger partial charge on any atom is 0.321 e. The van der Waals surface area contributed by atoms with Crippen LogP contribution in [0.1, 0.15) is 28.2 Å². The van der Waals surface area contributed by atoms with Crippen LogP contribution in [-0.4, -0.2) is 29.7 Å². The number of aliphatic carboxylic acids is 1. The predicted octanol–water partition coefficient (Wildman–Crippen LogP) is 3.48. The highest BCUT2D eigenvalue weighted by Crippen LogP contribution is 2.44. The maximum atomic E-state index is 12.8. The van der Waals surface area contributed by atoms with E-state index in [2.05, 4.69) is 0 Å². The fraction of sp³-hybridized carbons (Fsp3) is 0.192. The van der Waals surface area contributed by atoms with Crippen LogP contribution in [0.5, 0.6) is 0 Å². The Kier molecular flexibility index (Phi) is 6.02. The average Bonchev–Trinajstić information content (AvgIpc) is 3.11. The van der Waals surface area contributed by atoms with Crippen molar-refractivity contribution in [2.24, 2.45) is 11.7 Å². The van der Waals surface area contributed by atoms with Crippen LogP contribution in [-0.2, 0) is 20.7 Å². The van der Waals surface area contributed by atoms with Crippen LogP contribution in [0.15, 0.2) is 72.8 Å². The summed E-state index contributed by atoms with van der Waals surface area (Å²) in [6, 6.07) is 23.6. The highest BCUT2D eigenvalue weighted by atomic mass is 16.5. The molecule has 0 saturated heterocycles. The fourth-order valence-corrected chi connectivity index (χ4v) is 4.31. The molecule has 1 aliphatic rings. The van der Waals surface area contributed by atoms with Gasteiger partial charge in [0, 0.05) is 12.0 Å². The molecule has 3 N–H and O–H groups in total. The molecule has 1 unspecified atom stereocenters. The van der Waals surface area contributed by atoms with E-state index in [-0.39, 0.29) is 18.9 Å². The summed E-state index contributed by atoms with van der Waals surface area (Å²) in [5.74, 6) is -3.86. The van der Waals surface area contributed by atoms with Crippen molar-refractivity contribution >= 4 is 11.9 Å². The van der Waals surface area contributed by atoms with E-state index in [1.165, 1.54) is 0 Å². The molecular weight excluding hydrogens is 404 g/mol. The topological polar surface area (TPSA) is 113 Å². The first kappa shape index (κ1) is 21.3. The fourth-order valence-electron chi connectivity index (χ4n) is 4.31. The summed E-state index contributed by atoms with van der Waals surface area (Å²) < 4.78 is 5.51. The van der Waals surface area contributed by atoms with Crippen LogP contribution in [0, 0.1) is 17.2 Å². The average molecular weight is 426 g/mol. The van der Waals surface area contributed by atoms with Gasteiger partial charge >= 0.3 is 11.9 Å². The van der Waals surface area contributed by atoms with Gasteiger partial charge in [-0.2, -0.15) is 5.26 Å². The third-order valence-electron chi connectivity index (χ3n) is 5.83. The molecule has 32 heavy (non-hydrogen) atoms. The van der Waals surface area contributed by atoms with E-state index in [4.69, 9.17) is 15.7 Å². The van der Waals surface area contributed by atoms with Crippen molar-refractivity contribution in [3.8, 4) is 17.2 Å². The van der Waals surface area contributed by atoms with Crippen LogP contribution in [0.3, 0.4) is 0 Å². The second-order valence-corrected chi connectivity index (χ2v) is 7.85. The molecule has 0 spiro atoms. The zero-order valence-corrected chi connectivity index (χ0v) is 17.3. The van der Waals surface area contributed by atoms with Gasteiger partial charge in [0.15, 0.2) is 5.92 Å². The number of esters is 1. The zero-order valence-electron chi connectivity index (χ0n) is 17.3. The lowest BCUT2D eigenvalue weighted by Gasteiger charge is -2.21. The van der Waals surface area contributed by atoms with Gasteiger partial charge in [0.1, 0.15) is 6.61 Å². The number of carboxylic acid groups (broad SMARTS) is 1. The minimum atomic E-state index is -1.51. The van der Waals surface area contributed by atoms with E-state index in [9.17, 15) is 14.7 Å². The van der Waals surface area contributed by atoms with E-state index in [1.807, 2.05) is 54.6 Å². The Labute approximate surface area is 185 Å². The van der Waals surface area contributed by atoms with Gasteiger partial charge in [0.25, 0.3) is 0 Å². The summed E-state index contributed by atoms with van der Waals surface area (Å²) in [5.41, 5.74) is 11.5. The van der Waals surface area contributed by atoms with Crippen LogP contribution in [0.4, 0.5) is 0 Å². The lowest BCUT2D eigenvalue weighted by molar-refractivity contribution is -0.159. The number of carbonyl (C=O) groups excluding carboxylic acids is 1. The van der Waals surface area contributed by atoms with Gasteiger partial charge in [-0.15, -0.1) is 0 Å². The largest absolute Gasteiger partial charge is 0.481 e. The second-order valence-electron chi connectivity index (χ2n) is 7.85. The molecule has 0 saturated carbocycles. The summed E-state index contributed by atoms with van der Waals surface area (Å²) in [4.78, 5) is 24.6. The highest BCUT2D eigenvalue weighted by Gasteiger charge is 2.36. The Balaban J connectivity index is 1.49. The van der Waals surface area contributed by atoms with Gasteiger partial charge in [0.2, 0.25) is 0 Å². The Morgan fingerprint density at radius 2 is 1.62 bits per heavy atom. The van der Waals surface area contributed by atoms with Crippen molar-refractivity contribution in [3.05, 3.63) is 95.1 Å². The van der Waals surface area contributed by atoms with E-state index in [1.54, 1.807) is 24.3 Å². The van der Waals surface area contributed by atoms with Gasteiger partial charge in [-0.25, -0.2) is 0 Å². The molecule has 3 aromatic carbocycles. The molecule has 0 radical (unpaired) electrons. The lowest BCUT2D eigenvalue weighted by Crippen LogP contribution is -2.43. The van der Waals surface area contributed by atoms with Crippen molar-refractivity contribution in [3.63, 3.8) is 0 Å². The van der Waals surface area contributed by atoms with Gasteiger partial charge < -0.3 is 15.6 Å². The van der Waals surface area contributed by atoms with E-state index >= 15 is 0 Å². The molecule has 4 rings (SSSR count). The summed E-state index contributed by atoms with van der Waals surface area (Å²) in [6.45, 7) is 0.0350. The molecular formula is C26H22N2O4. The number of carbonyl (C=O) groups is 2. The number of hydrogen-bond acceptors (Lipinski definition) is 5. The van der Waals surface area contributed by atoms with Crippen LogP contribution >= 0.6 is 0 Å². The SMILES string of the molecule is N#Cc1cccc(CC(N)[C@H](C(=O)O)C(=O)OCC2c3ccccc3-c3ccccc32)c1. The summed E-state index contributed by atoms with van der Waals surface area (Å²) in [5, 5.41) is 18.7. The van der Waals surface area contributed by atoms with Crippen molar-refractivity contribution in [2.75, 3.05) is 6.61 Å².